The summed E-state index contributed by atoms with van der Waals surface area (Å²) in [6.07, 6.45) is 0.851. The molecule has 0 bridgehead atoms. The lowest BCUT2D eigenvalue weighted by Crippen LogP contribution is -2.22. The van der Waals surface area contributed by atoms with Gasteiger partial charge in [-0.25, -0.2) is 0 Å². The molecule has 0 radical (unpaired) electrons. The highest BCUT2D eigenvalue weighted by Gasteiger charge is 2.23. The van der Waals surface area contributed by atoms with Crippen LogP contribution in [0.5, 0.6) is 11.5 Å². The number of anilines is 1. The average molecular weight is 290 g/mol. The number of benzene rings is 2. The van der Waals surface area contributed by atoms with Gasteiger partial charge in [0.2, 0.25) is 0 Å². The van der Waals surface area contributed by atoms with E-state index in [0.29, 0.717) is 6.61 Å². The minimum Gasteiger partial charge on any atom is -0.489 e. The largest absolute Gasteiger partial charge is 0.489 e. The van der Waals surface area contributed by atoms with E-state index in [1.807, 2.05) is 43.3 Å². The molecule has 3 nitrogen and oxygen atoms in total. The number of nitrogens with two attached hydrogens (primary N) is 1. The fourth-order valence-corrected chi connectivity index (χ4v) is 2.59. The van der Waals surface area contributed by atoms with Gasteiger partial charge < -0.3 is 15.2 Å². The summed E-state index contributed by atoms with van der Waals surface area (Å²) in [4.78, 5) is 0. The number of halogens is 1. The van der Waals surface area contributed by atoms with E-state index in [9.17, 15) is 0 Å². The van der Waals surface area contributed by atoms with Gasteiger partial charge in [0.15, 0.2) is 0 Å². The topological polar surface area (TPSA) is 44.5 Å². The predicted molar refractivity (Wildman–Crippen MR) is 80.7 cm³/mol. The number of nitrogen functional groups attached to an aromatic ring is 1. The van der Waals surface area contributed by atoms with Crippen LogP contribution in [0, 0.1) is 6.92 Å². The van der Waals surface area contributed by atoms with Gasteiger partial charge in [-0.05, 0) is 54.4 Å². The van der Waals surface area contributed by atoms with Crippen LogP contribution in [0.3, 0.4) is 0 Å². The van der Waals surface area contributed by atoms with Crippen molar-refractivity contribution in [3.05, 3.63) is 52.5 Å². The number of fused-ring (bicyclic) bond motifs is 1. The Morgan fingerprint density at radius 1 is 1.30 bits per heavy atom. The molecular weight excluding hydrogens is 274 g/mol. The summed E-state index contributed by atoms with van der Waals surface area (Å²) in [6, 6.07) is 11.3. The third-order valence-electron chi connectivity index (χ3n) is 3.39. The van der Waals surface area contributed by atoms with Crippen LogP contribution >= 0.6 is 11.6 Å². The van der Waals surface area contributed by atoms with Crippen molar-refractivity contribution in [2.45, 2.75) is 19.4 Å². The number of aryl methyl sites for hydroxylation is 1. The van der Waals surface area contributed by atoms with Crippen LogP contribution in [0.1, 0.15) is 11.1 Å². The van der Waals surface area contributed by atoms with Crippen molar-refractivity contribution in [3.63, 3.8) is 0 Å². The molecule has 0 aliphatic carbocycles. The summed E-state index contributed by atoms with van der Waals surface area (Å²) in [7, 11) is 0. The molecule has 0 fully saturated rings. The molecule has 1 atom stereocenters. The minimum atomic E-state index is 0.0282. The highest BCUT2D eigenvalue weighted by atomic mass is 35.5. The molecule has 0 aromatic heterocycles. The molecule has 2 N–H and O–H groups in total. The van der Waals surface area contributed by atoms with Crippen molar-refractivity contribution >= 4 is 17.3 Å². The molecule has 1 heterocycles. The van der Waals surface area contributed by atoms with Gasteiger partial charge in [-0.3, -0.25) is 0 Å². The van der Waals surface area contributed by atoms with Crippen molar-refractivity contribution in [3.8, 4) is 11.5 Å². The van der Waals surface area contributed by atoms with E-state index in [0.717, 1.165) is 39.8 Å². The van der Waals surface area contributed by atoms with E-state index in [1.165, 1.54) is 0 Å². The standard InChI is InChI=1S/C16H16ClNO2/c1-10-6-13(18)3-5-15(10)19-9-14-8-11-7-12(17)2-4-16(11)20-14/h2-7,14H,8-9,18H2,1H3. The molecule has 20 heavy (non-hydrogen) atoms. The van der Waals surface area contributed by atoms with Crippen LogP contribution in [0.15, 0.2) is 36.4 Å². The van der Waals surface area contributed by atoms with Gasteiger partial charge in [0, 0.05) is 17.1 Å². The highest BCUT2D eigenvalue weighted by molar-refractivity contribution is 6.30. The van der Waals surface area contributed by atoms with E-state index in [1.54, 1.807) is 0 Å². The zero-order chi connectivity index (χ0) is 14.1. The second-order valence-electron chi connectivity index (χ2n) is 5.03. The first-order valence-electron chi connectivity index (χ1n) is 6.56. The first kappa shape index (κ1) is 13.1. The van der Waals surface area contributed by atoms with Crippen molar-refractivity contribution in [2.75, 3.05) is 12.3 Å². The lowest BCUT2D eigenvalue weighted by atomic mass is 10.1. The van der Waals surface area contributed by atoms with Crippen LogP contribution in [0.2, 0.25) is 5.02 Å². The molecule has 2 aromatic rings. The Morgan fingerprint density at radius 3 is 2.95 bits per heavy atom. The summed E-state index contributed by atoms with van der Waals surface area (Å²) in [5.41, 5.74) is 8.64. The van der Waals surface area contributed by atoms with Gasteiger partial charge >= 0.3 is 0 Å². The van der Waals surface area contributed by atoms with Gasteiger partial charge in [0.25, 0.3) is 0 Å². The lowest BCUT2D eigenvalue weighted by Gasteiger charge is -2.14. The van der Waals surface area contributed by atoms with Crippen molar-refractivity contribution in [2.24, 2.45) is 0 Å². The molecule has 104 valence electrons. The fourth-order valence-electron chi connectivity index (χ4n) is 2.40. The molecule has 0 amide bonds. The first-order chi connectivity index (χ1) is 9.61. The zero-order valence-corrected chi connectivity index (χ0v) is 12.0. The van der Waals surface area contributed by atoms with Gasteiger partial charge in [-0.15, -0.1) is 0 Å². The third kappa shape index (κ3) is 2.68. The van der Waals surface area contributed by atoms with E-state index in [2.05, 4.69) is 0 Å². The Bertz CT molecular complexity index is 642. The quantitative estimate of drug-likeness (QED) is 0.878. The van der Waals surface area contributed by atoms with E-state index < -0.39 is 0 Å². The van der Waals surface area contributed by atoms with Crippen LogP contribution in [0.4, 0.5) is 5.69 Å². The summed E-state index contributed by atoms with van der Waals surface area (Å²) in [5.74, 6) is 1.74. The summed E-state index contributed by atoms with van der Waals surface area (Å²) in [6.45, 7) is 2.49. The summed E-state index contributed by atoms with van der Waals surface area (Å²) < 4.78 is 11.7. The Morgan fingerprint density at radius 2 is 2.15 bits per heavy atom. The van der Waals surface area contributed by atoms with Crippen molar-refractivity contribution in [1.29, 1.82) is 0 Å². The molecule has 0 spiro atoms. The second kappa shape index (κ2) is 5.25. The Balaban J connectivity index is 1.63. The average Bonchev–Trinajstić information content (AvgIpc) is 2.79. The number of hydrogen-bond donors (Lipinski definition) is 1. The van der Waals surface area contributed by atoms with Crippen molar-refractivity contribution in [1.82, 2.24) is 0 Å². The SMILES string of the molecule is Cc1cc(N)ccc1OCC1Cc2cc(Cl)ccc2O1. The monoisotopic (exact) mass is 289 g/mol. The minimum absolute atomic E-state index is 0.0282. The molecule has 0 saturated carbocycles. The normalized spacial score (nSPS) is 16.6. The maximum Gasteiger partial charge on any atom is 0.137 e. The smallest absolute Gasteiger partial charge is 0.137 e. The second-order valence-corrected chi connectivity index (χ2v) is 5.47. The Hall–Kier alpha value is -1.87. The number of ether oxygens (including phenoxy) is 2. The molecule has 4 heteroatoms. The van der Waals surface area contributed by atoms with E-state index >= 15 is 0 Å². The van der Waals surface area contributed by atoms with Crippen LogP contribution in [-0.2, 0) is 6.42 Å². The molecule has 3 rings (SSSR count). The third-order valence-corrected chi connectivity index (χ3v) is 3.62. The predicted octanol–water partition coefficient (Wildman–Crippen LogP) is 3.61. The lowest BCUT2D eigenvalue weighted by molar-refractivity contribution is 0.148. The number of hydrogen-bond acceptors (Lipinski definition) is 3. The molecular formula is C16H16ClNO2. The van der Waals surface area contributed by atoms with Gasteiger partial charge in [0.1, 0.15) is 24.2 Å². The van der Waals surface area contributed by atoms with Crippen LogP contribution < -0.4 is 15.2 Å². The highest BCUT2D eigenvalue weighted by Crippen LogP contribution is 2.31. The zero-order valence-electron chi connectivity index (χ0n) is 11.2. The number of rotatable bonds is 3. The molecule has 0 saturated heterocycles. The first-order valence-corrected chi connectivity index (χ1v) is 6.93. The van der Waals surface area contributed by atoms with Gasteiger partial charge in [0.05, 0.1) is 0 Å². The molecule has 1 aliphatic rings. The summed E-state index contributed by atoms with van der Waals surface area (Å²) >= 11 is 5.98. The van der Waals surface area contributed by atoms with Gasteiger partial charge in [-0.2, -0.15) is 0 Å². The fraction of sp³-hybridized carbons (Fsp3) is 0.250. The van der Waals surface area contributed by atoms with E-state index in [4.69, 9.17) is 26.8 Å². The maximum atomic E-state index is 5.98. The van der Waals surface area contributed by atoms with Crippen LogP contribution in [0.25, 0.3) is 0 Å². The van der Waals surface area contributed by atoms with Crippen molar-refractivity contribution < 1.29 is 9.47 Å². The maximum absolute atomic E-state index is 5.98. The van der Waals surface area contributed by atoms with Crippen LogP contribution in [-0.4, -0.2) is 12.7 Å². The Labute approximate surface area is 123 Å². The molecule has 1 aliphatic heterocycles. The van der Waals surface area contributed by atoms with Gasteiger partial charge in [-0.1, -0.05) is 11.6 Å². The Kier molecular flexibility index (Phi) is 3.45. The molecule has 2 aromatic carbocycles. The molecule has 1 unspecified atom stereocenters. The van der Waals surface area contributed by atoms with E-state index in [-0.39, 0.29) is 6.10 Å². The summed E-state index contributed by atoms with van der Waals surface area (Å²) in [5, 5.41) is 0.739.